The van der Waals surface area contributed by atoms with E-state index in [1.165, 1.54) is 10.6 Å². The fourth-order valence-electron chi connectivity index (χ4n) is 3.35. The van der Waals surface area contributed by atoms with Gasteiger partial charge in [-0.3, -0.25) is 9.10 Å². The third-order valence-corrected chi connectivity index (χ3v) is 5.80. The molecule has 140 valence electrons. The first-order valence-corrected chi connectivity index (χ1v) is 10.7. The van der Waals surface area contributed by atoms with E-state index < -0.39 is 10.0 Å². The van der Waals surface area contributed by atoms with Crippen LogP contribution in [0, 0.1) is 5.92 Å². The standard InChI is InChI=1S/C19H30N2O3S/c1-15-9-8-12-20(13-15)18(22)14-21(25(5,23)24)17-11-7-6-10-16(17)19(2,3)4/h6-7,10-11,15H,8-9,12-14H2,1-5H3. The number of piperidine rings is 1. The molecule has 5 nitrogen and oxygen atoms in total. The molecule has 2 rings (SSSR count). The van der Waals surface area contributed by atoms with E-state index in [-0.39, 0.29) is 17.9 Å². The van der Waals surface area contributed by atoms with Gasteiger partial charge in [-0.2, -0.15) is 0 Å². The number of rotatable bonds is 4. The second-order valence-corrected chi connectivity index (χ2v) is 10.0. The van der Waals surface area contributed by atoms with Crippen molar-refractivity contribution in [3.8, 4) is 0 Å². The van der Waals surface area contributed by atoms with Crippen LogP contribution in [0.1, 0.15) is 46.1 Å². The molecule has 1 aromatic carbocycles. The Bertz CT molecular complexity index is 722. The lowest BCUT2D eigenvalue weighted by molar-refractivity contribution is -0.131. The molecule has 0 saturated carbocycles. The Morgan fingerprint density at radius 2 is 1.92 bits per heavy atom. The Balaban J connectivity index is 2.34. The molecule has 1 amide bonds. The minimum Gasteiger partial charge on any atom is -0.341 e. The van der Waals surface area contributed by atoms with E-state index >= 15 is 0 Å². The van der Waals surface area contributed by atoms with Gasteiger partial charge in [0.15, 0.2) is 0 Å². The Morgan fingerprint density at radius 1 is 1.28 bits per heavy atom. The van der Waals surface area contributed by atoms with E-state index in [4.69, 9.17) is 0 Å². The van der Waals surface area contributed by atoms with Gasteiger partial charge in [0, 0.05) is 13.1 Å². The van der Waals surface area contributed by atoms with Gasteiger partial charge in [0.2, 0.25) is 15.9 Å². The van der Waals surface area contributed by atoms with Crippen LogP contribution in [0.3, 0.4) is 0 Å². The van der Waals surface area contributed by atoms with Crippen molar-refractivity contribution >= 4 is 21.6 Å². The van der Waals surface area contributed by atoms with Crippen LogP contribution in [0.25, 0.3) is 0 Å². The second-order valence-electron chi connectivity index (χ2n) is 8.12. The number of benzene rings is 1. The minimum absolute atomic E-state index is 0.124. The Hall–Kier alpha value is -1.56. The molecule has 0 aliphatic carbocycles. The Kier molecular flexibility index (Phi) is 5.82. The molecule has 1 aromatic rings. The van der Waals surface area contributed by atoms with Crippen molar-refractivity contribution in [3.05, 3.63) is 29.8 Å². The lowest BCUT2D eigenvalue weighted by atomic mass is 9.86. The fraction of sp³-hybridized carbons (Fsp3) is 0.632. The summed E-state index contributed by atoms with van der Waals surface area (Å²) in [5.74, 6) is 0.340. The van der Waals surface area contributed by atoms with E-state index in [9.17, 15) is 13.2 Å². The highest BCUT2D eigenvalue weighted by atomic mass is 32.2. The van der Waals surface area contributed by atoms with Crippen molar-refractivity contribution in [2.45, 2.75) is 46.0 Å². The maximum absolute atomic E-state index is 12.8. The van der Waals surface area contributed by atoms with Gasteiger partial charge in [0.05, 0.1) is 11.9 Å². The lowest BCUT2D eigenvalue weighted by Gasteiger charge is -2.34. The summed E-state index contributed by atoms with van der Waals surface area (Å²) < 4.78 is 26.2. The summed E-state index contributed by atoms with van der Waals surface area (Å²) in [5, 5.41) is 0. The van der Waals surface area contributed by atoms with Crippen LogP contribution in [0.15, 0.2) is 24.3 Å². The van der Waals surface area contributed by atoms with Crippen molar-refractivity contribution in [1.82, 2.24) is 4.90 Å². The van der Waals surface area contributed by atoms with Gasteiger partial charge >= 0.3 is 0 Å². The molecule has 0 spiro atoms. The molecule has 1 atom stereocenters. The zero-order valence-electron chi connectivity index (χ0n) is 15.9. The fourth-order valence-corrected chi connectivity index (χ4v) is 4.21. The summed E-state index contributed by atoms with van der Waals surface area (Å²) in [5.41, 5.74) is 1.29. The number of carbonyl (C=O) groups excluding carboxylic acids is 1. The average Bonchev–Trinajstić information content (AvgIpc) is 2.50. The SMILES string of the molecule is CC1CCCN(C(=O)CN(c2ccccc2C(C)(C)C)S(C)(=O)=O)C1. The number of anilines is 1. The van der Waals surface area contributed by atoms with Gasteiger partial charge in [-0.15, -0.1) is 0 Å². The molecule has 0 bridgehead atoms. The van der Waals surface area contributed by atoms with Crippen LogP contribution in [-0.4, -0.2) is 45.1 Å². The normalized spacial score (nSPS) is 18.9. The highest BCUT2D eigenvalue weighted by Crippen LogP contribution is 2.33. The van der Waals surface area contributed by atoms with E-state index in [1.807, 2.05) is 39.0 Å². The number of likely N-dealkylation sites (tertiary alicyclic amines) is 1. The summed E-state index contributed by atoms with van der Waals surface area (Å²) in [7, 11) is -3.56. The first kappa shape index (κ1) is 19.8. The van der Waals surface area contributed by atoms with Crippen molar-refractivity contribution in [3.63, 3.8) is 0 Å². The van der Waals surface area contributed by atoms with E-state index in [0.29, 0.717) is 24.7 Å². The molecule has 6 heteroatoms. The molecular formula is C19H30N2O3S. The molecule has 1 aliphatic rings. The largest absolute Gasteiger partial charge is 0.341 e. The number of hydrogen-bond acceptors (Lipinski definition) is 3. The van der Waals surface area contributed by atoms with Crippen LogP contribution in [0.4, 0.5) is 5.69 Å². The smallest absolute Gasteiger partial charge is 0.243 e. The van der Waals surface area contributed by atoms with Crippen LogP contribution < -0.4 is 4.31 Å². The second kappa shape index (κ2) is 7.36. The number of sulfonamides is 1. The van der Waals surface area contributed by atoms with Crippen molar-refractivity contribution < 1.29 is 13.2 Å². The van der Waals surface area contributed by atoms with E-state index in [0.717, 1.165) is 18.4 Å². The van der Waals surface area contributed by atoms with Crippen molar-refractivity contribution in [1.29, 1.82) is 0 Å². The minimum atomic E-state index is -3.56. The number of hydrogen-bond donors (Lipinski definition) is 0. The highest BCUT2D eigenvalue weighted by molar-refractivity contribution is 7.92. The summed E-state index contributed by atoms with van der Waals surface area (Å²) >= 11 is 0. The quantitative estimate of drug-likeness (QED) is 0.823. The van der Waals surface area contributed by atoms with Gasteiger partial charge in [-0.1, -0.05) is 45.9 Å². The monoisotopic (exact) mass is 366 g/mol. The summed E-state index contributed by atoms with van der Waals surface area (Å²) in [6.45, 7) is 9.53. The molecule has 25 heavy (non-hydrogen) atoms. The topological polar surface area (TPSA) is 57.7 Å². The molecule has 1 heterocycles. The van der Waals surface area contributed by atoms with Gasteiger partial charge < -0.3 is 4.90 Å². The van der Waals surface area contributed by atoms with Crippen molar-refractivity contribution in [2.24, 2.45) is 5.92 Å². The molecule has 1 saturated heterocycles. The molecule has 0 N–H and O–H groups in total. The van der Waals surface area contributed by atoms with Gasteiger partial charge in [0.1, 0.15) is 6.54 Å². The maximum Gasteiger partial charge on any atom is 0.243 e. The van der Waals surface area contributed by atoms with Gasteiger partial charge in [0.25, 0.3) is 0 Å². The van der Waals surface area contributed by atoms with E-state index in [2.05, 4.69) is 6.92 Å². The van der Waals surface area contributed by atoms with E-state index in [1.54, 1.807) is 11.0 Å². The molecule has 1 aliphatic heterocycles. The number of para-hydroxylation sites is 1. The molecular weight excluding hydrogens is 336 g/mol. The number of nitrogens with zero attached hydrogens (tertiary/aromatic N) is 2. The maximum atomic E-state index is 12.8. The Labute approximate surface area is 152 Å². The van der Waals surface area contributed by atoms with Crippen LogP contribution in [0.2, 0.25) is 0 Å². The number of amides is 1. The van der Waals surface area contributed by atoms with Crippen LogP contribution >= 0.6 is 0 Å². The average molecular weight is 367 g/mol. The summed E-state index contributed by atoms with van der Waals surface area (Å²) in [6, 6.07) is 7.43. The zero-order valence-corrected chi connectivity index (χ0v) is 16.8. The molecule has 1 fully saturated rings. The predicted octanol–water partition coefficient (Wildman–Crippen LogP) is 3.01. The summed E-state index contributed by atoms with van der Waals surface area (Å²) in [4.78, 5) is 14.6. The molecule has 0 aromatic heterocycles. The third kappa shape index (κ3) is 4.97. The highest BCUT2D eigenvalue weighted by Gasteiger charge is 2.29. The first-order chi connectivity index (χ1) is 11.5. The summed E-state index contributed by atoms with van der Waals surface area (Å²) in [6.07, 6.45) is 3.26. The van der Waals surface area contributed by atoms with Gasteiger partial charge in [-0.25, -0.2) is 8.42 Å². The van der Waals surface area contributed by atoms with Crippen LogP contribution in [0.5, 0.6) is 0 Å². The Morgan fingerprint density at radius 3 is 2.48 bits per heavy atom. The third-order valence-electron chi connectivity index (χ3n) is 4.67. The molecule has 1 unspecified atom stereocenters. The lowest BCUT2D eigenvalue weighted by Crippen LogP contribution is -2.46. The number of carbonyl (C=O) groups is 1. The van der Waals surface area contributed by atoms with Crippen LogP contribution in [-0.2, 0) is 20.2 Å². The molecule has 0 radical (unpaired) electrons. The first-order valence-electron chi connectivity index (χ1n) is 8.85. The predicted molar refractivity (Wildman–Crippen MR) is 102 cm³/mol. The van der Waals surface area contributed by atoms with Gasteiger partial charge in [-0.05, 0) is 35.8 Å². The van der Waals surface area contributed by atoms with Crippen molar-refractivity contribution in [2.75, 3.05) is 30.2 Å². The zero-order chi connectivity index (χ0) is 18.8.